The Labute approximate surface area is 64.6 Å². The maximum atomic E-state index is 10.3. The summed E-state index contributed by atoms with van der Waals surface area (Å²) in [6.07, 6.45) is -0.654. The molecule has 0 aliphatic carbocycles. The van der Waals surface area contributed by atoms with Crippen molar-refractivity contribution in [3.8, 4) is 0 Å². The second-order valence-corrected chi connectivity index (χ2v) is 3.09. The number of hydrogen-bond acceptors (Lipinski definition) is 2. The number of alkyl halides is 1. The van der Waals surface area contributed by atoms with Crippen LogP contribution in [0.1, 0.15) is 20.3 Å². The number of carbonyl (C=O) groups is 1. The van der Waals surface area contributed by atoms with Crippen molar-refractivity contribution >= 4 is 17.6 Å². The van der Waals surface area contributed by atoms with Gasteiger partial charge in [-0.25, -0.2) is 0 Å². The standard InChI is InChI=1S/C6H11ClO3/c1-3-4(8)6(2,7)5(9)10/h4,8H,3H2,1-2H3,(H,9,10). The van der Waals surface area contributed by atoms with Crippen LogP contribution in [-0.4, -0.2) is 27.2 Å². The summed E-state index contributed by atoms with van der Waals surface area (Å²) in [7, 11) is 0. The number of hydrogen-bond donors (Lipinski definition) is 2. The van der Waals surface area contributed by atoms with Crippen molar-refractivity contribution < 1.29 is 15.0 Å². The number of rotatable bonds is 3. The van der Waals surface area contributed by atoms with Crippen LogP contribution in [0.4, 0.5) is 0 Å². The summed E-state index contributed by atoms with van der Waals surface area (Å²) in [5.41, 5.74) is 0. The summed E-state index contributed by atoms with van der Waals surface area (Å²) in [5.74, 6) is -1.19. The summed E-state index contributed by atoms with van der Waals surface area (Å²) in [6, 6.07) is 0. The Hall–Kier alpha value is -0.280. The normalized spacial score (nSPS) is 19.6. The van der Waals surface area contributed by atoms with Gasteiger partial charge in [0.25, 0.3) is 0 Å². The van der Waals surface area contributed by atoms with Crippen molar-refractivity contribution in [1.29, 1.82) is 0 Å². The summed E-state index contributed by atoms with van der Waals surface area (Å²) < 4.78 is 0. The van der Waals surface area contributed by atoms with Crippen molar-refractivity contribution in [3.63, 3.8) is 0 Å². The first-order chi connectivity index (χ1) is 4.42. The third-order valence-electron chi connectivity index (χ3n) is 1.43. The Bertz CT molecular complexity index is 133. The number of aliphatic hydroxyl groups is 1. The minimum atomic E-state index is -1.55. The highest BCUT2D eigenvalue weighted by atomic mass is 35.5. The summed E-state index contributed by atoms with van der Waals surface area (Å²) in [4.78, 5) is 8.78. The van der Waals surface area contributed by atoms with Gasteiger partial charge in [0.2, 0.25) is 0 Å². The molecule has 60 valence electrons. The smallest absolute Gasteiger partial charge is 0.327 e. The summed E-state index contributed by atoms with van der Waals surface area (Å²) >= 11 is 5.47. The molecule has 0 fully saturated rings. The number of carboxylic acid groups (broad SMARTS) is 1. The number of halogens is 1. The molecule has 2 unspecified atom stereocenters. The van der Waals surface area contributed by atoms with E-state index in [9.17, 15) is 4.79 Å². The van der Waals surface area contributed by atoms with Crippen molar-refractivity contribution in [2.45, 2.75) is 31.2 Å². The van der Waals surface area contributed by atoms with Crippen molar-refractivity contribution in [2.24, 2.45) is 0 Å². The molecule has 10 heavy (non-hydrogen) atoms. The molecular weight excluding hydrogens is 156 g/mol. The Balaban J connectivity index is 4.23. The molecule has 0 bridgehead atoms. The number of aliphatic carboxylic acids is 1. The topological polar surface area (TPSA) is 57.5 Å². The first kappa shape index (κ1) is 9.72. The minimum absolute atomic E-state index is 0.340. The molecule has 2 N–H and O–H groups in total. The van der Waals surface area contributed by atoms with Crippen LogP contribution in [0.2, 0.25) is 0 Å². The SMILES string of the molecule is CCC(O)C(C)(Cl)C(=O)O. The zero-order valence-corrected chi connectivity index (χ0v) is 6.72. The van der Waals surface area contributed by atoms with Gasteiger partial charge < -0.3 is 10.2 Å². The largest absolute Gasteiger partial charge is 0.480 e. The van der Waals surface area contributed by atoms with E-state index in [-0.39, 0.29) is 0 Å². The van der Waals surface area contributed by atoms with Crippen LogP contribution < -0.4 is 0 Å². The molecule has 0 spiro atoms. The molecule has 4 heteroatoms. The van der Waals surface area contributed by atoms with Crippen molar-refractivity contribution in [2.75, 3.05) is 0 Å². The molecule has 0 aliphatic heterocycles. The van der Waals surface area contributed by atoms with Gasteiger partial charge in [-0.3, -0.25) is 4.79 Å². The quantitative estimate of drug-likeness (QED) is 0.611. The molecule has 0 saturated carbocycles. The maximum Gasteiger partial charge on any atom is 0.327 e. The average molecular weight is 167 g/mol. The van der Waals surface area contributed by atoms with Crippen LogP contribution in [-0.2, 0) is 4.79 Å². The molecule has 0 amide bonds. The molecule has 0 aromatic heterocycles. The highest BCUT2D eigenvalue weighted by Gasteiger charge is 2.37. The fraction of sp³-hybridized carbons (Fsp3) is 0.833. The monoisotopic (exact) mass is 166 g/mol. The van der Waals surface area contributed by atoms with Crippen LogP contribution in [0.25, 0.3) is 0 Å². The van der Waals surface area contributed by atoms with E-state index < -0.39 is 16.9 Å². The summed E-state index contributed by atoms with van der Waals surface area (Å²) in [6.45, 7) is 2.96. The molecule has 0 radical (unpaired) electrons. The lowest BCUT2D eigenvalue weighted by atomic mass is 10.0. The van der Waals surface area contributed by atoms with Crippen LogP contribution in [0.3, 0.4) is 0 Å². The fourth-order valence-electron chi connectivity index (χ4n) is 0.526. The van der Waals surface area contributed by atoms with E-state index in [0.717, 1.165) is 0 Å². The molecule has 0 heterocycles. The highest BCUT2D eigenvalue weighted by molar-refractivity contribution is 6.33. The van der Waals surface area contributed by atoms with Gasteiger partial charge in [-0.1, -0.05) is 6.92 Å². The number of carboxylic acids is 1. The Morgan fingerprint density at radius 1 is 1.80 bits per heavy atom. The molecule has 0 aromatic rings. The van der Waals surface area contributed by atoms with E-state index in [2.05, 4.69) is 0 Å². The van der Waals surface area contributed by atoms with Gasteiger partial charge >= 0.3 is 5.97 Å². The molecule has 3 nitrogen and oxygen atoms in total. The van der Waals surface area contributed by atoms with Crippen molar-refractivity contribution in [1.82, 2.24) is 0 Å². The fourth-order valence-corrected chi connectivity index (χ4v) is 0.680. The number of aliphatic hydroxyl groups excluding tert-OH is 1. The van der Waals surface area contributed by atoms with Gasteiger partial charge in [-0.05, 0) is 13.3 Å². The molecule has 0 saturated heterocycles. The summed E-state index contributed by atoms with van der Waals surface area (Å²) in [5, 5.41) is 17.5. The minimum Gasteiger partial charge on any atom is -0.480 e. The molecule has 2 atom stereocenters. The van der Waals surface area contributed by atoms with Gasteiger partial charge in [0.05, 0.1) is 6.10 Å². The molecule has 0 aliphatic rings. The Morgan fingerprint density at radius 3 is 2.30 bits per heavy atom. The van der Waals surface area contributed by atoms with E-state index in [1.165, 1.54) is 6.92 Å². The third kappa shape index (κ3) is 1.85. The van der Waals surface area contributed by atoms with Crippen LogP contribution in [0.5, 0.6) is 0 Å². The van der Waals surface area contributed by atoms with E-state index in [1.807, 2.05) is 0 Å². The Morgan fingerprint density at radius 2 is 2.20 bits per heavy atom. The zero-order chi connectivity index (χ0) is 8.36. The van der Waals surface area contributed by atoms with Gasteiger partial charge in [-0.15, -0.1) is 11.6 Å². The van der Waals surface area contributed by atoms with Gasteiger partial charge in [0.1, 0.15) is 0 Å². The average Bonchev–Trinajstić information content (AvgIpc) is 1.86. The second kappa shape index (κ2) is 3.21. The van der Waals surface area contributed by atoms with E-state index in [0.29, 0.717) is 6.42 Å². The highest BCUT2D eigenvalue weighted by Crippen LogP contribution is 2.21. The zero-order valence-electron chi connectivity index (χ0n) is 5.97. The van der Waals surface area contributed by atoms with E-state index in [1.54, 1.807) is 6.92 Å². The van der Waals surface area contributed by atoms with Crippen molar-refractivity contribution in [3.05, 3.63) is 0 Å². The van der Waals surface area contributed by atoms with Crippen LogP contribution in [0.15, 0.2) is 0 Å². The van der Waals surface area contributed by atoms with Gasteiger partial charge in [-0.2, -0.15) is 0 Å². The van der Waals surface area contributed by atoms with Gasteiger partial charge in [0.15, 0.2) is 4.87 Å². The maximum absolute atomic E-state index is 10.3. The van der Waals surface area contributed by atoms with Gasteiger partial charge in [0, 0.05) is 0 Å². The Kier molecular flexibility index (Phi) is 3.12. The third-order valence-corrected chi connectivity index (χ3v) is 1.84. The second-order valence-electron chi connectivity index (χ2n) is 2.30. The lowest BCUT2D eigenvalue weighted by Crippen LogP contribution is -2.41. The van der Waals surface area contributed by atoms with E-state index in [4.69, 9.17) is 21.8 Å². The first-order valence-electron chi connectivity index (χ1n) is 3.03. The molecule has 0 aromatic carbocycles. The predicted molar refractivity (Wildman–Crippen MR) is 38.2 cm³/mol. The lowest BCUT2D eigenvalue weighted by molar-refractivity contribution is -0.142. The van der Waals surface area contributed by atoms with Crippen LogP contribution >= 0.6 is 11.6 Å². The molecule has 0 rings (SSSR count). The lowest BCUT2D eigenvalue weighted by Gasteiger charge is -2.21. The first-order valence-corrected chi connectivity index (χ1v) is 3.41. The molecular formula is C6H11ClO3. The predicted octanol–water partition coefficient (Wildman–Crippen LogP) is 0.839. The van der Waals surface area contributed by atoms with E-state index >= 15 is 0 Å². The van der Waals surface area contributed by atoms with Crippen LogP contribution in [0, 0.1) is 0 Å².